The second kappa shape index (κ2) is 9.77. The summed E-state index contributed by atoms with van der Waals surface area (Å²) in [7, 11) is 2.10. The van der Waals surface area contributed by atoms with Gasteiger partial charge in [0, 0.05) is 25.2 Å². The highest BCUT2D eigenvalue weighted by Crippen LogP contribution is 2.47. The molecule has 1 amide bonds. The summed E-state index contributed by atoms with van der Waals surface area (Å²) in [5.41, 5.74) is 7.56. The number of hydrogen-bond acceptors (Lipinski definition) is 3. The Bertz CT molecular complexity index is 541. The maximum absolute atomic E-state index is 12.5. The van der Waals surface area contributed by atoms with Crippen LogP contribution in [-0.4, -0.2) is 36.5 Å². The van der Waals surface area contributed by atoms with E-state index in [1.54, 1.807) is 0 Å². The summed E-state index contributed by atoms with van der Waals surface area (Å²) in [6.07, 6.45) is 3.55. The van der Waals surface area contributed by atoms with Crippen LogP contribution >= 0.6 is 24.8 Å². The molecule has 2 bridgehead atoms. The maximum Gasteiger partial charge on any atom is 0.225 e. The molecule has 4 nitrogen and oxygen atoms in total. The molecular formula is C19H31Cl2N3O. The van der Waals surface area contributed by atoms with Gasteiger partial charge in [-0.05, 0) is 50.6 Å². The first-order chi connectivity index (χ1) is 11.1. The largest absolute Gasteiger partial charge is 0.354 e. The molecule has 5 atom stereocenters. The molecule has 0 aliphatic heterocycles. The van der Waals surface area contributed by atoms with Crippen LogP contribution in [0.15, 0.2) is 30.3 Å². The van der Waals surface area contributed by atoms with Gasteiger partial charge in [-0.1, -0.05) is 30.3 Å². The molecule has 3 N–H and O–H groups in total. The quantitative estimate of drug-likeness (QED) is 0.788. The van der Waals surface area contributed by atoms with E-state index in [0.29, 0.717) is 24.4 Å². The molecule has 142 valence electrons. The Hall–Kier alpha value is -0.810. The molecule has 2 aliphatic rings. The lowest BCUT2D eigenvalue weighted by atomic mass is 9.84. The van der Waals surface area contributed by atoms with Crippen LogP contribution in [-0.2, 0) is 11.3 Å². The zero-order valence-electron chi connectivity index (χ0n) is 15.1. The average Bonchev–Trinajstić information content (AvgIpc) is 3.14. The molecule has 5 unspecified atom stereocenters. The van der Waals surface area contributed by atoms with E-state index in [1.807, 2.05) is 6.07 Å². The molecule has 1 aromatic carbocycles. The van der Waals surface area contributed by atoms with Gasteiger partial charge in [-0.25, -0.2) is 0 Å². The van der Waals surface area contributed by atoms with Crippen molar-refractivity contribution in [2.75, 3.05) is 13.6 Å². The van der Waals surface area contributed by atoms with E-state index in [1.165, 1.54) is 18.4 Å². The third-order valence-corrected chi connectivity index (χ3v) is 5.88. The van der Waals surface area contributed by atoms with E-state index in [0.717, 1.165) is 13.0 Å². The molecule has 0 saturated heterocycles. The van der Waals surface area contributed by atoms with Crippen LogP contribution in [0.2, 0.25) is 0 Å². The number of nitrogens with zero attached hydrogens (tertiary/aromatic N) is 1. The van der Waals surface area contributed by atoms with Crippen LogP contribution < -0.4 is 11.1 Å². The minimum absolute atomic E-state index is 0. The minimum atomic E-state index is 0. The number of benzene rings is 1. The van der Waals surface area contributed by atoms with Gasteiger partial charge in [0.1, 0.15) is 0 Å². The lowest BCUT2D eigenvalue weighted by Gasteiger charge is -2.29. The van der Waals surface area contributed by atoms with Gasteiger partial charge in [0.2, 0.25) is 5.91 Å². The maximum atomic E-state index is 12.5. The number of nitrogens with two attached hydrogens (primary N) is 1. The Balaban J connectivity index is 0.00000156. The predicted molar refractivity (Wildman–Crippen MR) is 107 cm³/mol. The fourth-order valence-corrected chi connectivity index (χ4v) is 4.27. The van der Waals surface area contributed by atoms with E-state index in [4.69, 9.17) is 5.73 Å². The second-order valence-electron chi connectivity index (χ2n) is 7.43. The van der Waals surface area contributed by atoms with Crippen molar-refractivity contribution in [3.05, 3.63) is 35.9 Å². The normalized spacial score (nSPS) is 28.2. The summed E-state index contributed by atoms with van der Waals surface area (Å²) in [4.78, 5) is 14.8. The van der Waals surface area contributed by atoms with Gasteiger partial charge in [0.15, 0.2) is 0 Å². The number of halogens is 2. The van der Waals surface area contributed by atoms with Crippen LogP contribution in [0.4, 0.5) is 0 Å². The highest BCUT2D eigenvalue weighted by molar-refractivity contribution is 5.85. The van der Waals surface area contributed by atoms with E-state index in [2.05, 4.69) is 48.5 Å². The minimum Gasteiger partial charge on any atom is -0.354 e. The summed E-state index contributed by atoms with van der Waals surface area (Å²) >= 11 is 0. The summed E-state index contributed by atoms with van der Waals surface area (Å²) in [6, 6.07) is 10.8. The Labute approximate surface area is 163 Å². The predicted octanol–water partition coefficient (Wildman–Crippen LogP) is 2.84. The lowest BCUT2D eigenvalue weighted by molar-refractivity contribution is -0.127. The number of carbonyl (C=O) groups excluding carboxylic acids is 1. The van der Waals surface area contributed by atoms with Gasteiger partial charge in [-0.2, -0.15) is 0 Å². The first-order valence-corrected chi connectivity index (χ1v) is 8.83. The summed E-state index contributed by atoms with van der Waals surface area (Å²) in [5.74, 6) is 1.31. The van der Waals surface area contributed by atoms with Gasteiger partial charge >= 0.3 is 0 Å². The molecule has 2 saturated carbocycles. The van der Waals surface area contributed by atoms with E-state index in [-0.39, 0.29) is 42.7 Å². The molecular weight excluding hydrogens is 357 g/mol. The smallest absolute Gasteiger partial charge is 0.225 e. The highest BCUT2D eigenvalue weighted by atomic mass is 35.5. The van der Waals surface area contributed by atoms with Crippen molar-refractivity contribution in [3.8, 4) is 0 Å². The number of hydrogen-bond donors (Lipinski definition) is 2. The lowest BCUT2D eigenvalue weighted by Crippen LogP contribution is -2.48. The van der Waals surface area contributed by atoms with E-state index < -0.39 is 0 Å². The standard InChI is InChI=1S/C19H29N3O.2ClH/c1-13(22(2)12-14-6-4-3-5-7-14)11-21-19(23)17-15-8-9-16(10-15)18(17)20;;/h3-7,13,15-18H,8-12,20H2,1-2H3,(H,21,23);2*1H. The molecule has 0 radical (unpaired) electrons. The van der Waals surface area contributed by atoms with Crippen molar-refractivity contribution in [2.24, 2.45) is 23.5 Å². The third-order valence-electron chi connectivity index (χ3n) is 5.88. The molecule has 25 heavy (non-hydrogen) atoms. The molecule has 1 aromatic rings. The molecule has 0 heterocycles. The number of amides is 1. The monoisotopic (exact) mass is 387 g/mol. The zero-order chi connectivity index (χ0) is 16.4. The van der Waals surface area contributed by atoms with Crippen molar-refractivity contribution in [2.45, 2.75) is 44.8 Å². The Morgan fingerprint density at radius 1 is 1.24 bits per heavy atom. The number of rotatable bonds is 6. The summed E-state index contributed by atoms with van der Waals surface area (Å²) in [5, 5.41) is 3.15. The number of carbonyl (C=O) groups is 1. The number of fused-ring (bicyclic) bond motifs is 2. The molecule has 2 fully saturated rings. The number of likely N-dealkylation sites (N-methyl/N-ethyl adjacent to an activating group) is 1. The van der Waals surface area contributed by atoms with Crippen molar-refractivity contribution in [1.82, 2.24) is 10.2 Å². The molecule has 0 spiro atoms. The van der Waals surface area contributed by atoms with Gasteiger partial charge in [-0.3, -0.25) is 9.69 Å². The van der Waals surface area contributed by atoms with Crippen molar-refractivity contribution in [3.63, 3.8) is 0 Å². The fraction of sp³-hybridized carbons (Fsp3) is 0.632. The van der Waals surface area contributed by atoms with Crippen molar-refractivity contribution < 1.29 is 4.79 Å². The fourth-order valence-electron chi connectivity index (χ4n) is 4.27. The van der Waals surface area contributed by atoms with Crippen LogP contribution in [0.1, 0.15) is 31.7 Å². The SMILES string of the molecule is CC(CNC(=O)C1C2CCC(C2)C1N)N(C)Cc1ccccc1.Cl.Cl. The van der Waals surface area contributed by atoms with Crippen molar-refractivity contribution >= 4 is 30.7 Å². The first kappa shape index (κ1) is 22.2. The van der Waals surface area contributed by atoms with Crippen molar-refractivity contribution in [1.29, 1.82) is 0 Å². The third kappa shape index (κ3) is 5.10. The van der Waals surface area contributed by atoms with Crippen LogP contribution in [0.5, 0.6) is 0 Å². The van der Waals surface area contributed by atoms with Gasteiger partial charge in [0.05, 0.1) is 5.92 Å². The zero-order valence-corrected chi connectivity index (χ0v) is 16.7. The molecule has 2 aliphatic carbocycles. The Kier molecular flexibility index (Phi) is 8.69. The topological polar surface area (TPSA) is 58.4 Å². The van der Waals surface area contributed by atoms with Crippen LogP contribution in [0.25, 0.3) is 0 Å². The van der Waals surface area contributed by atoms with Gasteiger partial charge < -0.3 is 11.1 Å². The summed E-state index contributed by atoms with van der Waals surface area (Å²) < 4.78 is 0. The van der Waals surface area contributed by atoms with Gasteiger partial charge in [-0.15, -0.1) is 24.8 Å². The first-order valence-electron chi connectivity index (χ1n) is 8.83. The summed E-state index contributed by atoms with van der Waals surface area (Å²) in [6.45, 7) is 3.73. The van der Waals surface area contributed by atoms with E-state index >= 15 is 0 Å². The van der Waals surface area contributed by atoms with Crippen LogP contribution in [0, 0.1) is 17.8 Å². The molecule has 3 rings (SSSR count). The molecule has 6 heteroatoms. The number of nitrogens with one attached hydrogen (secondary N) is 1. The van der Waals surface area contributed by atoms with Gasteiger partial charge in [0.25, 0.3) is 0 Å². The Morgan fingerprint density at radius 2 is 1.88 bits per heavy atom. The van der Waals surface area contributed by atoms with Crippen LogP contribution in [0.3, 0.4) is 0 Å². The highest BCUT2D eigenvalue weighted by Gasteiger charge is 2.48. The molecule has 0 aromatic heterocycles. The average molecular weight is 388 g/mol. The second-order valence-corrected chi connectivity index (χ2v) is 7.43. The Morgan fingerprint density at radius 3 is 2.48 bits per heavy atom. The van der Waals surface area contributed by atoms with E-state index in [9.17, 15) is 4.79 Å².